The Hall–Kier alpha value is -1.95. The van der Waals surface area contributed by atoms with Gasteiger partial charge in [0.05, 0.1) is 19.3 Å². The Kier molecular flexibility index (Phi) is 6.33. The molecule has 22 heavy (non-hydrogen) atoms. The Balaban J connectivity index is 1.73. The van der Waals surface area contributed by atoms with Gasteiger partial charge in [-0.05, 0) is 30.5 Å². The van der Waals surface area contributed by atoms with Gasteiger partial charge in [-0.1, -0.05) is 0 Å². The topological polar surface area (TPSA) is 80.3 Å². The first-order valence-electron chi connectivity index (χ1n) is 7.65. The molecule has 6 nitrogen and oxygen atoms in total. The molecule has 2 atom stereocenters. The van der Waals surface area contributed by atoms with Gasteiger partial charge < -0.3 is 15.4 Å². The molecule has 0 saturated carbocycles. The minimum absolute atomic E-state index is 0.0144. The summed E-state index contributed by atoms with van der Waals surface area (Å²) in [5.74, 6) is 0.240. The molecule has 1 aromatic rings. The number of nitrogens with zero attached hydrogens (tertiary/aromatic N) is 1. The number of aromatic nitrogens is 1. The van der Waals surface area contributed by atoms with E-state index in [1.54, 1.807) is 12.4 Å². The molecule has 1 aliphatic rings. The molecule has 2 amide bonds. The van der Waals surface area contributed by atoms with Crippen LogP contribution in [0.25, 0.3) is 0 Å². The van der Waals surface area contributed by atoms with Gasteiger partial charge in [-0.2, -0.15) is 0 Å². The number of pyridine rings is 1. The molecule has 120 valence electrons. The van der Waals surface area contributed by atoms with E-state index in [9.17, 15) is 9.59 Å². The molecule has 0 aliphatic carbocycles. The summed E-state index contributed by atoms with van der Waals surface area (Å²) in [6.07, 6.45) is 5.49. The lowest BCUT2D eigenvalue weighted by Crippen LogP contribution is -2.40. The van der Waals surface area contributed by atoms with Gasteiger partial charge in [0.15, 0.2) is 0 Å². The van der Waals surface area contributed by atoms with Crippen molar-refractivity contribution < 1.29 is 14.3 Å². The second-order valence-corrected chi connectivity index (χ2v) is 5.62. The molecule has 2 heterocycles. The summed E-state index contributed by atoms with van der Waals surface area (Å²) in [6.45, 7) is 3.23. The number of hydrogen-bond acceptors (Lipinski definition) is 4. The van der Waals surface area contributed by atoms with Crippen molar-refractivity contribution in [2.24, 2.45) is 5.92 Å². The van der Waals surface area contributed by atoms with Gasteiger partial charge in [0.2, 0.25) is 11.8 Å². The lowest BCUT2D eigenvalue weighted by Gasteiger charge is -2.19. The summed E-state index contributed by atoms with van der Waals surface area (Å²) in [6, 6.07) is 4.04. The molecule has 0 spiro atoms. The molecule has 1 saturated heterocycles. The lowest BCUT2D eigenvalue weighted by molar-refractivity contribution is -0.123. The minimum atomic E-state index is -0.0676. The lowest BCUT2D eigenvalue weighted by atomic mass is 9.95. The molecule has 6 heteroatoms. The summed E-state index contributed by atoms with van der Waals surface area (Å²) < 4.78 is 5.51. The zero-order valence-electron chi connectivity index (χ0n) is 12.9. The van der Waals surface area contributed by atoms with Crippen LogP contribution >= 0.6 is 0 Å². The van der Waals surface area contributed by atoms with Crippen molar-refractivity contribution in [1.29, 1.82) is 0 Å². The fraction of sp³-hybridized carbons (Fsp3) is 0.562. The summed E-state index contributed by atoms with van der Waals surface area (Å²) >= 11 is 0. The molecule has 2 rings (SSSR count). The molecule has 0 aromatic carbocycles. The average Bonchev–Trinajstić information content (AvgIpc) is 2.91. The number of rotatable bonds is 7. The Bertz CT molecular complexity index is 493. The van der Waals surface area contributed by atoms with Gasteiger partial charge in [0.25, 0.3) is 0 Å². The maximum absolute atomic E-state index is 12.0. The van der Waals surface area contributed by atoms with Crippen LogP contribution in [0, 0.1) is 5.92 Å². The Labute approximate surface area is 130 Å². The van der Waals surface area contributed by atoms with Crippen molar-refractivity contribution in [3.8, 4) is 0 Å². The van der Waals surface area contributed by atoms with Crippen molar-refractivity contribution in [3.63, 3.8) is 0 Å². The summed E-state index contributed by atoms with van der Waals surface area (Å²) in [5.41, 5.74) is 1.20. The number of carbonyl (C=O) groups excluding carboxylic acids is 2. The predicted octanol–water partition coefficient (Wildman–Crippen LogP) is 0.672. The van der Waals surface area contributed by atoms with Crippen molar-refractivity contribution >= 4 is 11.8 Å². The van der Waals surface area contributed by atoms with Gasteiger partial charge in [-0.15, -0.1) is 0 Å². The fourth-order valence-corrected chi connectivity index (χ4v) is 2.57. The van der Waals surface area contributed by atoms with E-state index in [4.69, 9.17) is 4.74 Å². The van der Waals surface area contributed by atoms with Crippen LogP contribution in [0.2, 0.25) is 0 Å². The van der Waals surface area contributed by atoms with E-state index in [0.29, 0.717) is 38.5 Å². The zero-order valence-corrected chi connectivity index (χ0v) is 12.9. The van der Waals surface area contributed by atoms with E-state index in [1.807, 2.05) is 12.1 Å². The van der Waals surface area contributed by atoms with Crippen molar-refractivity contribution in [1.82, 2.24) is 15.6 Å². The summed E-state index contributed by atoms with van der Waals surface area (Å²) in [5, 5.41) is 5.73. The van der Waals surface area contributed by atoms with Crippen LogP contribution in [0.5, 0.6) is 0 Å². The molecule has 1 aliphatic heterocycles. The van der Waals surface area contributed by atoms with Crippen LogP contribution in [-0.4, -0.2) is 42.6 Å². The van der Waals surface area contributed by atoms with Crippen LogP contribution < -0.4 is 10.6 Å². The summed E-state index contributed by atoms with van der Waals surface area (Å²) in [4.78, 5) is 26.7. The highest BCUT2D eigenvalue weighted by molar-refractivity contribution is 5.76. The van der Waals surface area contributed by atoms with E-state index >= 15 is 0 Å². The molecule has 0 unspecified atom stereocenters. The van der Waals surface area contributed by atoms with Gasteiger partial charge >= 0.3 is 0 Å². The van der Waals surface area contributed by atoms with Crippen LogP contribution in [0.4, 0.5) is 0 Å². The predicted molar refractivity (Wildman–Crippen MR) is 82.1 cm³/mol. The van der Waals surface area contributed by atoms with Crippen LogP contribution in [-0.2, 0) is 20.7 Å². The normalized spacial score (nSPS) is 20.6. The van der Waals surface area contributed by atoms with E-state index in [0.717, 1.165) is 6.42 Å². The van der Waals surface area contributed by atoms with Crippen molar-refractivity contribution in [2.45, 2.75) is 32.2 Å². The maximum Gasteiger partial charge on any atom is 0.220 e. The third-order valence-corrected chi connectivity index (χ3v) is 3.75. The van der Waals surface area contributed by atoms with Gasteiger partial charge in [-0.25, -0.2) is 0 Å². The highest BCUT2D eigenvalue weighted by Gasteiger charge is 2.29. The van der Waals surface area contributed by atoms with Crippen molar-refractivity contribution in [2.75, 3.05) is 19.8 Å². The van der Waals surface area contributed by atoms with E-state index in [1.165, 1.54) is 12.5 Å². The molecule has 1 aromatic heterocycles. The molecule has 0 bridgehead atoms. The van der Waals surface area contributed by atoms with Crippen LogP contribution in [0.1, 0.15) is 25.3 Å². The van der Waals surface area contributed by atoms with Gasteiger partial charge in [0.1, 0.15) is 0 Å². The monoisotopic (exact) mass is 305 g/mol. The van der Waals surface area contributed by atoms with E-state index in [2.05, 4.69) is 15.6 Å². The maximum atomic E-state index is 12.0. The fourth-order valence-electron chi connectivity index (χ4n) is 2.57. The third kappa shape index (κ3) is 5.44. The molecular weight excluding hydrogens is 282 g/mol. The third-order valence-electron chi connectivity index (χ3n) is 3.75. The number of nitrogens with one attached hydrogen (secondary N) is 2. The standard InChI is InChI=1S/C16H23N3O3/c1-12(20)18-6-2-3-16(21)19-15-11-22-10-14(15)9-13-4-7-17-8-5-13/h4-5,7-8,14-15H,2-3,6,9-11H2,1H3,(H,18,20)(H,19,21)/t14-,15-/m1/s1. The molecular formula is C16H23N3O3. The SMILES string of the molecule is CC(=O)NCCCC(=O)N[C@@H]1COC[C@H]1Cc1ccncc1. The molecule has 2 N–H and O–H groups in total. The highest BCUT2D eigenvalue weighted by Crippen LogP contribution is 2.19. The van der Waals surface area contributed by atoms with Crippen LogP contribution in [0.15, 0.2) is 24.5 Å². The van der Waals surface area contributed by atoms with E-state index < -0.39 is 0 Å². The number of ether oxygens (including phenoxy) is 1. The zero-order chi connectivity index (χ0) is 15.8. The smallest absolute Gasteiger partial charge is 0.220 e. The Morgan fingerprint density at radius 2 is 2.09 bits per heavy atom. The second-order valence-electron chi connectivity index (χ2n) is 5.62. The highest BCUT2D eigenvalue weighted by atomic mass is 16.5. The first-order chi connectivity index (χ1) is 10.6. The molecule has 0 radical (unpaired) electrons. The average molecular weight is 305 g/mol. The first kappa shape index (κ1) is 16.4. The first-order valence-corrected chi connectivity index (χ1v) is 7.65. The van der Waals surface area contributed by atoms with Crippen LogP contribution in [0.3, 0.4) is 0 Å². The Morgan fingerprint density at radius 3 is 2.82 bits per heavy atom. The van der Waals surface area contributed by atoms with E-state index in [-0.39, 0.29) is 17.9 Å². The number of carbonyl (C=O) groups is 2. The second kappa shape index (κ2) is 8.48. The Morgan fingerprint density at radius 1 is 1.32 bits per heavy atom. The van der Waals surface area contributed by atoms with Gasteiger partial charge in [-0.3, -0.25) is 14.6 Å². The quantitative estimate of drug-likeness (QED) is 0.726. The molecule has 1 fully saturated rings. The minimum Gasteiger partial charge on any atom is -0.379 e. The number of amides is 2. The number of hydrogen-bond donors (Lipinski definition) is 2. The van der Waals surface area contributed by atoms with Crippen molar-refractivity contribution in [3.05, 3.63) is 30.1 Å². The van der Waals surface area contributed by atoms with Gasteiger partial charge in [0, 0.05) is 38.2 Å². The summed E-state index contributed by atoms with van der Waals surface area (Å²) in [7, 11) is 0. The largest absolute Gasteiger partial charge is 0.379 e.